The number of carbonyl (C=O) groups is 2. The standard InChI is InChI=1S/C24H24N2O2S/c1-17-10-11-20(15-18(17)2)23(27)26-22(16-21-9-6-14-29-21)24(28)25-13-12-19-7-4-3-5-8-19/h3-11,14-16H,12-13H2,1-2H3,(H,25,28)(H,26,27)/b22-16-. The molecule has 5 heteroatoms. The van der Waals surface area contributed by atoms with Crippen molar-refractivity contribution in [2.75, 3.05) is 6.54 Å². The van der Waals surface area contributed by atoms with Crippen LogP contribution in [0.25, 0.3) is 6.08 Å². The van der Waals surface area contributed by atoms with Gasteiger partial charge in [0.05, 0.1) is 0 Å². The Hall–Kier alpha value is -3.18. The van der Waals surface area contributed by atoms with E-state index in [1.807, 2.05) is 73.8 Å². The fraction of sp³-hybridized carbons (Fsp3) is 0.167. The van der Waals surface area contributed by atoms with Gasteiger partial charge in [0.1, 0.15) is 5.70 Å². The molecule has 0 aliphatic heterocycles. The third kappa shape index (κ3) is 5.90. The van der Waals surface area contributed by atoms with E-state index in [1.165, 1.54) is 11.3 Å². The zero-order valence-corrected chi connectivity index (χ0v) is 17.4. The van der Waals surface area contributed by atoms with Crippen LogP contribution in [0.1, 0.15) is 31.9 Å². The van der Waals surface area contributed by atoms with Crippen LogP contribution in [0, 0.1) is 13.8 Å². The second-order valence-electron chi connectivity index (χ2n) is 6.82. The molecule has 1 aromatic heterocycles. The van der Waals surface area contributed by atoms with E-state index < -0.39 is 0 Å². The Balaban J connectivity index is 1.71. The van der Waals surface area contributed by atoms with Crippen molar-refractivity contribution >= 4 is 29.2 Å². The maximum absolute atomic E-state index is 12.8. The Bertz CT molecular complexity index is 1010. The number of benzene rings is 2. The van der Waals surface area contributed by atoms with Crippen molar-refractivity contribution in [3.63, 3.8) is 0 Å². The molecule has 1 heterocycles. The highest BCUT2D eigenvalue weighted by molar-refractivity contribution is 7.10. The van der Waals surface area contributed by atoms with Crippen molar-refractivity contribution in [1.29, 1.82) is 0 Å². The third-order valence-corrected chi connectivity index (χ3v) is 5.45. The molecule has 0 saturated carbocycles. The fourth-order valence-corrected chi connectivity index (χ4v) is 3.47. The van der Waals surface area contributed by atoms with Gasteiger partial charge in [0.2, 0.25) is 0 Å². The Labute approximate surface area is 175 Å². The lowest BCUT2D eigenvalue weighted by molar-refractivity contribution is -0.117. The molecule has 2 aromatic carbocycles. The Morgan fingerprint density at radius 1 is 0.966 bits per heavy atom. The highest BCUT2D eigenvalue weighted by Gasteiger charge is 2.15. The average molecular weight is 405 g/mol. The summed E-state index contributed by atoms with van der Waals surface area (Å²) in [4.78, 5) is 26.4. The summed E-state index contributed by atoms with van der Waals surface area (Å²) >= 11 is 1.51. The quantitative estimate of drug-likeness (QED) is 0.570. The number of carbonyl (C=O) groups excluding carboxylic acids is 2. The number of amides is 2. The molecule has 0 fully saturated rings. The zero-order chi connectivity index (χ0) is 20.6. The molecule has 0 atom stereocenters. The number of rotatable bonds is 7. The van der Waals surface area contributed by atoms with Gasteiger partial charge < -0.3 is 10.6 Å². The molecule has 2 amide bonds. The molecule has 0 unspecified atom stereocenters. The van der Waals surface area contributed by atoms with Crippen LogP contribution in [0.5, 0.6) is 0 Å². The van der Waals surface area contributed by atoms with Gasteiger partial charge in [-0.05, 0) is 66.6 Å². The molecule has 0 spiro atoms. The number of hydrogen-bond donors (Lipinski definition) is 2. The first-order chi connectivity index (χ1) is 14.0. The Kier molecular flexibility index (Phi) is 6.98. The number of nitrogens with one attached hydrogen (secondary N) is 2. The van der Waals surface area contributed by atoms with Crippen LogP contribution in [-0.2, 0) is 11.2 Å². The van der Waals surface area contributed by atoms with E-state index in [0.717, 1.165) is 28.0 Å². The molecule has 0 aliphatic rings. The molecular formula is C24H24N2O2S. The molecule has 0 saturated heterocycles. The molecule has 3 aromatic rings. The van der Waals surface area contributed by atoms with Crippen LogP contribution >= 0.6 is 11.3 Å². The summed E-state index contributed by atoms with van der Waals surface area (Å²) in [6, 6.07) is 19.3. The maximum Gasteiger partial charge on any atom is 0.267 e. The lowest BCUT2D eigenvalue weighted by atomic mass is 10.1. The van der Waals surface area contributed by atoms with Crippen LogP contribution in [0.3, 0.4) is 0 Å². The SMILES string of the molecule is Cc1ccc(C(=O)N/C(=C\c2cccs2)C(=O)NCCc2ccccc2)cc1C. The van der Waals surface area contributed by atoms with Crippen LogP contribution in [0.15, 0.2) is 71.7 Å². The van der Waals surface area contributed by atoms with Crippen molar-refractivity contribution in [2.45, 2.75) is 20.3 Å². The van der Waals surface area contributed by atoms with Gasteiger partial charge in [0.15, 0.2) is 0 Å². The monoisotopic (exact) mass is 404 g/mol. The van der Waals surface area contributed by atoms with Crippen molar-refractivity contribution in [2.24, 2.45) is 0 Å². The topological polar surface area (TPSA) is 58.2 Å². The van der Waals surface area contributed by atoms with Gasteiger partial charge in [-0.1, -0.05) is 42.5 Å². The van der Waals surface area contributed by atoms with Gasteiger partial charge in [0, 0.05) is 17.0 Å². The first-order valence-electron chi connectivity index (χ1n) is 9.49. The summed E-state index contributed by atoms with van der Waals surface area (Å²) in [6.45, 7) is 4.45. The minimum absolute atomic E-state index is 0.240. The van der Waals surface area contributed by atoms with Crippen molar-refractivity contribution in [1.82, 2.24) is 10.6 Å². The van der Waals surface area contributed by atoms with Crippen molar-refractivity contribution in [3.8, 4) is 0 Å². The van der Waals surface area contributed by atoms with Crippen molar-refractivity contribution in [3.05, 3.63) is 98.9 Å². The van der Waals surface area contributed by atoms with E-state index in [1.54, 1.807) is 12.1 Å². The third-order valence-electron chi connectivity index (χ3n) is 4.63. The Morgan fingerprint density at radius 3 is 2.45 bits per heavy atom. The average Bonchev–Trinajstić information content (AvgIpc) is 3.23. The van der Waals surface area contributed by atoms with E-state index in [4.69, 9.17) is 0 Å². The number of aryl methyl sites for hydroxylation is 2. The molecule has 4 nitrogen and oxygen atoms in total. The summed E-state index contributed by atoms with van der Waals surface area (Å²) in [5.41, 5.74) is 4.07. The first-order valence-corrected chi connectivity index (χ1v) is 10.4. The van der Waals surface area contributed by atoms with E-state index in [2.05, 4.69) is 10.6 Å². The van der Waals surface area contributed by atoms with Crippen molar-refractivity contribution < 1.29 is 9.59 Å². The second-order valence-corrected chi connectivity index (χ2v) is 7.80. The van der Waals surface area contributed by atoms with Crippen LogP contribution in [0.4, 0.5) is 0 Å². The molecule has 0 radical (unpaired) electrons. The van der Waals surface area contributed by atoms with Crippen LogP contribution in [0.2, 0.25) is 0 Å². The number of thiophene rings is 1. The van der Waals surface area contributed by atoms with E-state index in [0.29, 0.717) is 12.1 Å². The molecule has 3 rings (SSSR count). The summed E-state index contributed by atoms with van der Waals surface area (Å²) in [7, 11) is 0. The molecular weight excluding hydrogens is 380 g/mol. The van der Waals surface area contributed by atoms with E-state index in [9.17, 15) is 9.59 Å². The van der Waals surface area contributed by atoms with E-state index >= 15 is 0 Å². The van der Waals surface area contributed by atoms with Gasteiger partial charge >= 0.3 is 0 Å². The summed E-state index contributed by atoms with van der Waals surface area (Å²) < 4.78 is 0. The first kappa shape index (κ1) is 20.6. The molecule has 148 valence electrons. The minimum atomic E-state index is -0.300. The maximum atomic E-state index is 12.8. The highest BCUT2D eigenvalue weighted by Crippen LogP contribution is 2.14. The predicted molar refractivity (Wildman–Crippen MR) is 119 cm³/mol. The lowest BCUT2D eigenvalue weighted by Gasteiger charge is -2.12. The van der Waals surface area contributed by atoms with Crippen LogP contribution in [-0.4, -0.2) is 18.4 Å². The smallest absolute Gasteiger partial charge is 0.267 e. The second kappa shape index (κ2) is 9.85. The zero-order valence-electron chi connectivity index (χ0n) is 16.6. The van der Waals surface area contributed by atoms with Gasteiger partial charge in [-0.25, -0.2) is 0 Å². The normalized spacial score (nSPS) is 11.2. The predicted octanol–water partition coefficient (Wildman–Crippen LogP) is 4.49. The molecule has 2 N–H and O–H groups in total. The molecule has 0 aliphatic carbocycles. The number of hydrogen-bond acceptors (Lipinski definition) is 3. The largest absolute Gasteiger partial charge is 0.350 e. The van der Waals surface area contributed by atoms with Gasteiger partial charge in [-0.15, -0.1) is 11.3 Å². The lowest BCUT2D eigenvalue weighted by Crippen LogP contribution is -2.35. The Morgan fingerprint density at radius 2 is 1.76 bits per heavy atom. The summed E-state index contributed by atoms with van der Waals surface area (Å²) in [5, 5.41) is 7.62. The van der Waals surface area contributed by atoms with E-state index in [-0.39, 0.29) is 17.5 Å². The van der Waals surface area contributed by atoms with Gasteiger partial charge in [-0.2, -0.15) is 0 Å². The molecule has 29 heavy (non-hydrogen) atoms. The fourth-order valence-electron chi connectivity index (χ4n) is 2.81. The summed E-state index contributed by atoms with van der Waals surface area (Å²) in [6.07, 6.45) is 2.44. The highest BCUT2D eigenvalue weighted by atomic mass is 32.1. The van der Waals surface area contributed by atoms with Gasteiger partial charge in [0.25, 0.3) is 11.8 Å². The van der Waals surface area contributed by atoms with Gasteiger partial charge in [-0.3, -0.25) is 9.59 Å². The minimum Gasteiger partial charge on any atom is -0.350 e. The summed E-state index contributed by atoms with van der Waals surface area (Å²) in [5.74, 6) is -0.597. The van der Waals surface area contributed by atoms with Crippen LogP contribution < -0.4 is 10.6 Å². The molecule has 0 bridgehead atoms.